The lowest BCUT2D eigenvalue weighted by molar-refractivity contribution is -0.117. The second kappa shape index (κ2) is 7.51. The van der Waals surface area contributed by atoms with Crippen molar-refractivity contribution in [1.82, 2.24) is 35.4 Å². The first kappa shape index (κ1) is 18.2. The maximum absolute atomic E-state index is 12.6. The molecule has 0 bridgehead atoms. The number of hydrogen-bond donors (Lipinski definition) is 2. The molecule has 2 aromatic heterocycles. The minimum atomic E-state index is -0.255. The van der Waals surface area contributed by atoms with Crippen molar-refractivity contribution in [2.45, 2.75) is 32.2 Å². The zero-order valence-corrected chi connectivity index (χ0v) is 16.4. The molecule has 0 radical (unpaired) electrons. The molecule has 30 heavy (non-hydrogen) atoms. The number of benzene rings is 2. The topological polar surface area (TPSA) is 114 Å². The molecule has 9 heteroatoms. The summed E-state index contributed by atoms with van der Waals surface area (Å²) in [4.78, 5) is 18.5. The standard InChI is InChI=1S/C21H20N8O/c1-13-7-10-17(16(11-13)21-23-19(24-25-21)15-8-9-15)22-18(30)12-29-27-20(26-28-29)14-5-3-2-4-6-14/h2-7,10-11,15H,8-9,12H2,1H3,(H,22,30)(H,23,24,25). The quantitative estimate of drug-likeness (QED) is 0.514. The van der Waals surface area contributed by atoms with E-state index in [4.69, 9.17) is 0 Å². The third kappa shape index (κ3) is 3.82. The van der Waals surface area contributed by atoms with Crippen molar-refractivity contribution in [1.29, 1.82) is 0 Å². The van der Waals surface area contributed by atoms with Gasteiger partial charge in [-0.2, -0.15) is 9.90 Å². The summed E-state index contributed by atoms with van der Waals surface area (Å²) >= 11 is 0. The molecule has 1 aliphatic carbocycles. The molecule has 4 aromatic rings. The number of amides is 1. The van der Waals surface area contributed by atoms with Crippen molar-refractivity contribution in [2.75, 3.05) is 5.32 Å². The van der Waals surface area contributed by atoms with E-state index in [0.717, 1.165) is 35.4 Å². The molecule has 2 aromatic carbocycles. The third-order valence-corrected chi connectivity index (χ3v) is 4.93. The van der Waals surface area contributed by atoms with Gasteiger partial charge in [-0.05, 0) is 37.1 Å². The molecule has 0 atom stereocenters. The number of nitrogens with zero attached hydrogens (tertiary/aromatic N) is 6. The summed E-state index contributed by atoms with van der Waals surface area (Å²) in [6.07, 6.45) is 2.28. The molecule has 1 aliphatic rings. The largest absolute Gasteiger partial charge is 0.324 e. The predicted molar refractivity (Wildman–Crippen MR) is 110 cm³/mol. The molecule has 0 saturated heterocycles. The first-order valence-corrected chi connectivity index (χ1v) is 9.82. The molecule has 150 valence electrons. The molecule has 1 amide bonds. The summed E-state index contributed by atoms with van der Waals surface area (Å²) in [6, 6.07) is 15.3. The number of carbonyl (C=O) groups is 1. The highest BCUT2D eigenvalue weighted by Crippen LogP contribution is 2.39. The first-order valence-electron chi connectivity index (χ1n) is 9.82. The molecule has 0 unspecified atom stereocenters. The van der Waals surface area contributed by atoms with Crippen LogP contribution in [0.2, 0.25) is 0 Å². The molecular weight excluding hydrogens is 380 g/mol. The van der Waals surface area contributed by atoms with E-state index < -0.39 is 0 Å². The summed E-state index contributed by atoms with van der Waals surface area (Å²) in [5.41, 5.74) is 3.34. The zero-order chi connectivity index (χ0) is 20.5. The van der Waals surface area contributed by atoms with Crippen LogP contribution in [-0.4, -0.2) is 41.3 Å². The Morgan fingerprint density at radius 3 is 2.80 bits per heavy atom. The van der Waals surface area contributed by atoms with E-state index in [1.807, 2.05) is 55.5 Å². The van der Waals surface area contributed by atoms with Gasteiger partial charge in [0.25, 0.3) is 0 Å². The minimum Gasteiger partial charge on any atom is -0.324 e. The van der Waals surface area contributed by atoms with Gasteiger partial charge in [0.1, 0.15) is 12.4 Å². The summed E-state index contributed by atoms with van der Waals surface area (Å²) in [5.74, 6) is 2.19. The van der Waals surface area contributed by atoms with E-state index >= 15 is 0 Å². The Bertz CT molecular complexity index is 1190. The summed E-state index contributed by atoms with van der Waals surface area (Å²) in [7, 11) is 0. The smallest absolute Gasteiger partial charge is 0.248 e. The maximum Gasteiger partial charge on any atom is 0.248 e. The van der Waals surface area contributed by atoms with Gasteiger partial charge in [0, 0.05) is 17.0 Å². The van der Waals surface area contributed by atoms with Crippen LogP contribution in [0.4, 0.5) is 5.69 Å². The molecule has 1 fully saturated rings. The number of aryl methyl sites for hydroxylation is 1. The van der Waals surface area contributed by atoms with Gasteiger partial charge in [0.15, 0.2) is 5.82 Å². The molecular formula is C21H20N8O. The van der Waals surface area contributed by atoms with Crippen LogP contribution in [0.3, 0.4) is 0 Å². The molecule has 5 rings (SSSR count). The fourth-order valence-electron chi connectivity index (χ4n) is 3.22. The minimum absolute atomic E-state index is 0.0472. The van der Waals surface area contributed by atoms with E-state index in [9.17, 15) is 4.79 Å². The SMILES string of the molecule is Cc1ccc(NC(=O)Cn2nnc(-c3ccccc3)n2)c(-c2n[nH]c(C3CC3)n2)c1. The lowest BCUT2D eigenvalue weighted by Crippen LogP contribution is -2.21. The van der Waals surface area contributed by atoms with Gasteiger partial charge in [-0.1, -0.05) is 42.0 Å². The number of tetrazole rings is 1. The van der Waals surface area contributed by atoms with Crippen molar-refractivity contribution in [3.63, 3.8) is 0 Å². The van der Waals surface area contributed by atoms with E-state index in [1.165, 1.54) is 4.80 Å². The number of anilines is 1. The fraction of sp³-hybridized carbons (Fsp3) is 0.238. The Kier molecular flexibility index (Phi) is 4.55. The Labute approximate surface area is 172 Å². The van der Waals surface area contributed by atoms with Gasteiger partial charge in [0.05, 0.1) is 5.69 Å². The van der Waals surface area contributed by atoms with Crippen molar-refractivity contribution >= 4 is 11.6 Å². The van der Waals surface area contributed by atoms with Crippen LogP contribution in [0.25, 0.3) is 22.8 Å². The number of hydrogen-bond acceptors (Lipinski definition) is 6. The van der Waals surface area contributed by atoms with Gasteiger partial charge in [0.2, 0.25) is 11.7 Å². The molecule has 2 N–H and O–H groups in total. The summed E-state index contributed by atoms with van der Waals surface area (Å²) in [5, 5.41) is 22.6. The van der Waals surface area contributed by atoms with Gasteiger partial charge >= 0.3 is 0 Å². The average molecular weight is 400 g/mol. The Hall–Kier alpha value is -3.88. The van der Waals surface area contributed by atoms with Crippen LogP contribution in [0, 0.1) is 6.92 Å². The van der Waals surface area contributed by atoms with Crippen LogP contribution in [0.15, 0.2) is 48.5 Å². The number of carbonyl (C=O) groups excluding carboxylic acids is 1. The molecule has 0 aliphatic heterocycles. The number of nitrogens with one attached hydrogen (secondary N) is 2. The lowest BCUT2D eigenvalue weighted by Gasteiger charge is -2.09. The highest BCUT2D eigenvalue weighted by atomic mass is 16.2. The van der Waals surface area contributed by atoms with Crippen LogP contribution >= 0.6 is 0 Å². The maximum atomic E-state index is 12.6. The fourth-order valence-corrected chi connectivity index (χ4v) is 3.22. The summed E-state index contributed by atoms with van der Waals surface area (Å²) < 4.78 is 0. The highest BCUT2D eigenvalue weighted by molar-refractivity contribution is 5.94. The van der Waals surface area contributed by atoms with Gasteiger partial charge in [-0.3, -0.25) is 9.89 Å². The molecule has 2 heterocycles. The first-order chi connectivity index (χ1) is 14.7. The van der Waals surface area contributed by atoms with E-state index in [1.54, 1.807) is 0 Å². The predicted octanol–water partition coefficient (Wildman–Crippen LogP) is 2.95. The van der Waals surface area contributed by atoms with Crippen LogP contribution in [0.1, 0.15) is 30.1 Å². The van der Waals surface area contributed by atoms with Crippen molar-refractivity contribution in [3.05, 3.63) is 59.9 Å². The molecule has 9 nitrogen and oxygen atoms in total. The van der Waals surface area contributed by atoms with Crippen LogP contribution in [-0.2, 0) is 11.3 Å². The van der Waals surface area contributed by atoms with E-state index in [0.29, 0.717) is 23.3 Å². The second-order valence-corrected chi connectivity index (χ2v) is 7.43. The number of aromatic nitrogens is 7. The number of aromatic amines is 1. The van der Waals surface area contributed by atoms with Crippen LogP contribution in [0.5, 0.6) is 0 Å². The van der Waals surface area contributed by atoms with Crippen molar-refractivity contribution in [3.8, 4) is 22.8 Å². The highest BCUT2D eigenvalue weighted by Gasteiger charge is 2.27. The normalized spacial score (nSPS) is 13.4. The average Bonchev–Trinajstić information content (AvgIpc) is 3.30. The zero-order valence-electron chi connectivity index (χ0n) is 16.4. The Morgan fingerprint density at radius 2 is 2.00 bits per heavy atom. The molecule has 1 saturated carbocycles. The monoisotopic (exact) mass is 400 g/mol. The van der Waals surface area contributed by atoms with E-state index in [-0.39, 0.29) is 12.5 Å². The van der Waals surface area contributed by atoms with Gasteiger partial charge in [-0.25, -0.2) is 4.98 Å². The van der Waals surface area contributed by atoms with Gasteiger partial charge in [-0.15, -0.1) is 10.2 Å². The Balaban J connectivity index is 1.33. The van der Waals surface area contributed by atoms with E-state index in [2.05, 4.69) is 35.9 Å². The van der Waals surface area contributed by atoms with Crippen LogP contribution < -0.4 is 5.32 Å². The number of H-pyrrole nitrogens is 1. The number of rotatable bonds is 6. The molecule has 0 spiro atoms. The third-order valence-electron chi connectivity index (χ3n) is 4.93. The Morgan fingerprint density at radius 1 is 1.17 bits per heavy atom. The lowest BCUT2D eigenvalue weighted by atomic mass is 10.1. The second-order valence-electron chi connectivity index (χ2n) is 7.43. The van der Waals surface area contributed by atoms with Crippen molar-refractivity contribution < 1.29 is 4.79 Å². The van der Waals surface area contributed by atoms with Crippen molar-refractivity contribution in [2.24, 2.45) is 0 Å². The summed E-state index contributed by atoms with van der Waals surface area (Å²) in [6.45, 7) is 1.95. The van der Waals surface area contributed by atoms with Gasteiger partial charge < -0.3 is 5.32 Å².